The van der Waals surface area contributed by atoms with Crippen molar-refractivity contribution in [3.8, 4) is 0 Å². The second kappa shape index (κ2) is 6.45. The van der Waals surface area contributed by atoms with Gasteiger partial charge in [0.15, 0.2) is 0 Å². The van der Waals surface area contributed by atoms with Crippen LogP contribution in [0.3, 0.4) is 0 Å². The average Bonchev–Trinajstić information content (AvgIpc) is 2.56. The van der Waals surface area contributed by atoms with Crippen LogP contribution in [0, 0.1) is 6.92 Å². The molecule has 5 nitrogen and oxygen atoms in total. The number of fused-ring (bicyclic) bond motifs is 1. The second-order valence-corrected chi connectivity index (χ2v) is 8.35. The van der Waals surface area contributed by atoms with Crippen LogP contribution in [0.25, 0.3) is 10.9 Å². The number of aromatic nitrogens is 1. The Balaban J connectivity index is 1.73. The van der Waals surface area contributed by atoms with Crippen LogP contribution in [-0.2, 0) is 10.0 Å². The van der Waals surface area contributed by atoms with E-state index in [0.29, 0.717) is 19.1 Å². The van der Waals surface area contributed by atoms with E-state index in [2.05, 4.69) is 29.4 Å². The van der Waals surface area contributed by atoms with Gasteiger partial charge < -0.3 is 5.32 Å². The standard InChI is InChI=1S/C17H23N3O2S/c1-3-23(21,22)20-10-7-14(8-11-20)19-17-6-9-18-16-5-4-13(2)12-15(16)17/h4-6,9,12,14H,3,7-8,10-11H2,1-2H3,(H,18,19). The molecule has 0 bridgehead atoms. The molecule has 0 aliphatic carbocycles. The first-order valence-corrected chi connectivity index (χ1v) is 9.70. The molecule has 0 saturated carbocycles. The SMILES string of the molecule is CCS(=O)(=O)N1CCC(Nc2ccnc3ccc(C)cc23)CC1. The quantitative estimate of drug-likeness (QED) is 0.934. The van der Waals surface area contributed by atoms with E-state index in [1.165, 1.54) is 5.56 Å². The first kappa shape index (κ1) is 16.2. The van der Waals surface area contributed by atoms with Gasteiger partial charge in [-0.25, -0.2) is 12.7 Å². The molecule has 6 heteroatoms. The van der Waals surface area contributed by atoms with E-state index >= 15 is 0 Å². The first-order chi connectivity index (χ1) is 11.0. The molecule has 1 saturated heterocycles. The van der Waals surface area contributed by atoms with Gasteiger partial charge in [-0.15, -0.1) is 0 Å². The fourth-order valence-electron chi connectivity index (χ4n) is 3.07. The van der Waals surface area contributed by atoms with E-state index in [-0.39, 0.29) is 5.75 Å². The highest BCUT2D eigenvalue weighted by Gasteiger charge is 2.26. The van der Waals surface area contributed by atoms with Crippen molar-refractivity contribution >= 4 is 26.6 Å². The third-order valence-corrected chi connectivity index (χ3v) is 6.35. The molecule has 0 atom stereocenters. The van der Waals surface area contributed by atoms with Gasteiger partial charge in [-0.3, -0.25) is 4.98 Å². The van der Waals surface area contributed by atoms with E-state index in [1.54, 1.807) is 11.2 Å². The number of nitrogens with zero attached hydrogens (tertiary/aromatic N) is 2. The predicted octanol–water partition coefficient (Wildman–Crippen LogP) is 2.77. The van der Waals surface area contributed by atoms with Crippen molar-refractivity contribution in [2.75, 3.05) is 24.2 Å². The number of nitrogens with one attached hydrogen (secondary N) is 1. The summed E-state index contributed by atoms with van der Waals surface area (Å²) in [5.74, 6) is 0.180. The highest BCUT2D eigenvalue weighted by Crippen LogP contribution is 2.25. The summed E-state index contributed by atoms with van der Waals surface area (Å²) in [6.07, 6.45) is 3.47. The fourth-order valence-corrected chi connectivity index (χ4v) is 4.20. The summed E-state index contributed by atoms with van der Waals surface area (Å²) >= 11 is 0. The molecule has 124 valence electrons. The molecule has 1 aromatic carbocycles. The van der Waals surface area contributed by atoms with Crippen LogP contribution in [0.1, 0.15) is 25.3 Å². The van der Waals surface area contributed by atoms with Gasteiger partial charge in [0.25, 0.3) is 0 Å². The zero-order valence-corrected chi connectivity index (χ0v) is 14.4. The number of piperidine rings is 1. The van der Waals surface area contributed by atoms with Crippen LogP contribution in [0.4, 0.5) is 5.69 Å². The lowest BCUT2D eigenvalue weighted by molar-refractivity contribution is 0.330. The molecule has 0 spiro atoms. The highest BCUT2D eigenvalue weighted by atomic mass is 32.2. The third kappa shape index (κ3) is 3.48. The lowest BCUT2D eigenvalue weighted by Gasteiger charge is -2.32. The van der Waals surface area contributed by atoms with Crippen molar-refractivity contribution in [2.24, 2.45) is 0 Å². The average molecular weight is 333 g/mol. The number of pyridine rings is 1. The third-order valence-electron chi connectivity index (χ3n) is 4.47. The Hall–Kier alpha value is -1.66. The van der Waals surface area contributed by atoms with Crippen LogP contribution in [-0.4, -0.2) is 42.6 Å². The second-order valence-electron chi connectivity index (χ2n) is 6.10. The molecular weight excluding hydrogens is 310 g/mol. The number of anilines is 1. The normalized spacial score (nSPS) is 17.5. The Morgan fingerprint density at radius 1 is 1.26 bits per heavy atom. The van der Waals surface area contributed by atoms with Crippen LogP contribution in [0.5, 0.6) is 0 Å². The van der Waals surface area contributed by atoms with E-state index in [1.807, 2.05) is 18.3 Å². The van der Waals surface area contributed by atoms with Crippen LogP contribution >= 0.6 is 0 Å². The summed E-state index contributed by atoms with van der Waals surface area (Å²) < 4.78 is 25.5. The number of benzene rings is 1. The largest absolute Gasteiger partial charge is 0.382 e. The molecule has 1 aromatic heterocycles. The van der Waals surface area contributed by atoms with Crippen LogP contribution in [0.2, 0.25) is 0 Å². The maximum absolute atomic E-state index is 11.9. The molecule has 1 N–H and O–H groups in total. The summed E-state index contributed by atoms with van der Waals surface area (Å²) in [6.45, 7) is 4.96. The molecule has 0 amide bonds. The van der Waals surface area contributed by atoms with E-state index in [9.17, 15) is 8.42 Å². The van der Waals surface area contributed by atoms with Gasteiger partial charge in [-0.05, 0) is 44.9 Å². The molecule has 1 fully saturated rings. The van der Waals surface area contributed by atoms with Crippen LogP contribution < -0.4 is 5.32 Å². The van der Waals surface area contributed by atoms with Crippen LogP contribution in [0.15, 0.2) is 30.5 Å². The summed E-state index contributed by atoms with van der Waals surface area (Å²) in [5, 5.41) is 4.70. The summed E-state index contributed by atoms with van der Waals surface area (Å²) in [4.78, 5) is 4.40. The molecule has 2 aromatic rings. The van der Waals surface area contributed by atoms with Gasteiger partial charge in [0, 0.05) is 36.4 Å². The topological polar surface area (TPSA) is 62.3 Å². The van der Waals surface area contributed by atoms with Gasteiger partial charge in [-0.1, -0.05) is 11.6 Å². The number of hydrogen-bond donors (Lipinski definition) is 1. The van der Waals surface area contributed by atoms with Gasteiger partial charge in [-0.2, -0.15) is 0 Å². The molecular formula is C17H23N3O2S. The van der Waals surface area contributed by atoms with E-state index in [0.717, 1.165) is 29.4 Å². The van der Waals surface area contributed by atoms with Crippen molar-refractivity contribution in [3.05, 3.63) is 36.0 Å². The van der Waals surface area contributed by atoms with Crippen molar-refractivity contribution < 1.29 is 8.42 Å². The zero-order chi connectivity index (χ0) is 16.4. The van der Waals surface area contributed by atoms with E-state index < -0.39 is 10.0 Å². The van der Waals surface area contributed by atoms with Crippen molar-refractivity contribution in [1.29, 1.82) is 0 Å². The minimum absolute atomic E-state index is 0.180. The number of sulfonamides is 1. The Morgan fingerprint density at radius 2 is 2.00 bits per heavy atom. The molecule has 1 aliphatic rings. The number of aryl methyl sites for hydroxylation is 1. The first-order valence-electron chi connectivity index (χ1n) is 8.09. The van der Waals surface area contributed by atoms with E-state index in [4.69, 9.17) is 0 Å². The smallest absolute Gasteiger partial charge is 0.213 e. The lowest BCUT2D eigenvalue weighted by Crippen LogP contribution is -2.42. The monoisotopic (exact) mass is 333 g/mol. The Morgan fingerprint density at radius 3 is 2.70 bits per heavy atom. The van der Waals surface area contributed by atoms with Gasteiger partial charge >= 0.3 is 0 Å². The van der Waals surface area contributed by atoms with Crippen molar-refractivity contribution in [3.63, 3.8) is 0 Å². The molecule has 0 radical (unpaired) electrons. The maximum Gasteiger partial charge on any atom is 0.213 e. The van der Waals surface area contributed by atoms with Crippen molar-refractivity contribution in [1.82, 2.24) is 9.29 Å². The minimum atomic E-state index is -3.06. The number of hydrogen-bond acceptors (Lipinski definition) is 4. The Labute approximate surface area is 137 Å². The zero-order valence-electron chi connectivity index (χ0n) is 13.6. The van der Waals surface area contributed by atoms with Gasteiger partial charge in [0.1, 0.15) is 0 Å². The summed E-state index contributed by atoms with van der Waals surface area (Å²) in [5.41, 5.74) is 3.26. The molecule has 3 rings (SSSR count). The van der Waals surface area contributed by atoms with Gasteiger partial charge in [0.2, 0.25) is 10.0 Å². The highest BCUT2D eigenvalue weighted by molar-refractivity contribution is 7.89. The minimum Gasteiger partial charge on any atom is -0.382 e. The number of rotatable bonds is 4. The predicted molar refractivity (Wildman–Crippen MR) is 94.2 cm³/mol. The lowest BCUT2D eigenvalue weighted by atomic mass is 10.0. The molecule has 23 heavy (non-hydrogen) atoms. The molecule has 0 unspecified atom stereocenters. The van der Waals surface area contributed by atoms with Gasteiger partial charge in [0.05, 0.1) is 11.3 Å². The molecule has 2 heterocycles. The fraction of sp³-hybridized carbons (Fsp3) is 0.471. The Kier molecular flexibility index (Phi) is 4.55. The van der Waals surface area contributed by atoms with Crippen molar-refractivity contribution in [2.45, 2.75) is 32.7 Å². The molecule has 1 aliphatic heterocycles. The Bertz CT molecular complexity index is 797. The summed E-state index contributed by atoms with van der Waals surface area (Å²) in [7, 11) is -3.06. The summed E-state index contributed by atoms with van der Waals surface area (Å²) in [6, 6.07) is 8.53. The maximum atomic E-state index is 11.9.